The Balaban J connectivity index is 1.76. The van der Waals surface area contributed by atoms with Crippen LogP contribution in [0.5, 0.6) is 0 Å². The van der Waals surface area contributed by atoms with Gasteiger partial charge in [-0.3, -0.25) is 14.5 Å². The van der Waals surface area contributed by atoms with E-state index >= 15 is 0 Å². The highest BCUT2D eigenvalue weighted by molar-refractivity contribution is 5.97. The van der Waals surface area contributed by atoms with Crippen LogP contribution in [-0.2, 0) is 9.59 Å². The van der Waals surface area contributed by atoms with Crippen molar-refractivity contribution in [2.45, 2.75) is 70.1 Å². The van der Waals surface area contributed by atoms with E-state index in [4.69, 9.17) is 0 Å². The van der Waals surface area contributed by atoms with Crippen LogP contribution in [0.1, 0.15) is 46.0 Å². The fourth-order valence-electron chi connectivity index (χ4n) is 3.65. The van der Waals surface area contributed by atoms with E-state index in [-0.39, 0.29) is 29.9 Å². The van der Waals surface area contributed by atoms with Crippen LogP contribution in [0.3, 0.4) is 0 Å². The second-order valence-electron chi connectivity index (χ2n) is 6.31. The van der Waals surface area contributed by atoms with Gasteiger partial charge < -0.3 is 10.2 Å². The molecule has 3 aliphatic rings. The zero-order chi connectivity index (χ0) is 14.3. The molecule has 2 saturated heterocycles. The van der Waals surface area contributed by atoms with Crippen molar-refractivity contribution in [1.82, 2.24) is 15.1 Å². The van der Waals surface area contributed by atoms with Gasteiger partial charge in [0.1, 0.15) is 12.1 Å². The smallest absolute Gasteiger partial charge is 0.246 e. The third-order valence-electron chi connectivity index (χ3n) is 4.95. The Labute approximate surface area is 120 Å². The molecule has 0 aromatic heterocycles. The molecular weight excluding hydrogens is 254 g/mol. The van der Waals surface area contributed by atoms with Crippen LogP contribution < -0.4 is 5.32 Å². The summed E-state index contributed by atoms with van der Waals surface area (Å²) in [5, 5.41) is 2.87. The summed E-state index contributed by atoms with van der Waals surface area (Å²) in [6, 6.07) is 0.388. The van der Waals surface area contributed by atoms with Crippen LogP contribution >= 0.6 is 0 Å². The fraction of sp³-hybridized carbons (Fsp3) is 0.867. The third kappa shape index (κ3) is 2.32. The Morgan fingerprint density at radius 3 is 2.45 bits per heavy atom. The molecule has 0 bridgehead atoms. The number of nitrogens with one attached hydrogen (secondary N) is 1. The topological polar surface area (TPSA) is 52.7 Å². The van der Waals surface area contributed by atoms with E-state index in [9.17, 15) is 9.59 Å². The Morgan fingerprint density at radius 2 is 1.85 bits per heavy atom. The van der Waals surface area contributed by atoms with E-state index in [1.165, 1.54) is 12.8 Å². The first-order valence-electron chi connectivity index (χ1n) is 8.02. The third-order valence-corrected chi connectivity index (χ3v) is 4.95. The lowest BCUT2D eigenvalue weighted by atomic mass is 10.00. The molecule has 2 heterocycles. The van der Waals surface area contributed by atoms with Crippen molar-refractivity contribution in [2.24, 2.45) is 0 Å². The van der Waals surface area contributed by atoms with Crippen molar-refractivity contribution in [2.75, 3.05) is 13.1 Å². The highest BCUT2D eigenvalue weighted by Crippen LogP contribution is 2.32. The van der Waals surface area contributed by atoms with Crippen molar-refractivity contribution < 1.29 is 9.59 Å². The zero-order valence-corrected chi connectivity index (χ0v) is 12.5. The fourth-order valence-corrected chi connectivity index (χ4v) is 3.65. The second-order valence-corrected chi connectivity index (χ2v) is 6.31. The highest BCUT2D eigenvalue weighted by atomic mass is 16.2. The van der Waals surface area contributed by atoms with E-state index in [1.54, 1.807) is 0 Å². The summed E-state index contributed by atoms with van der Waals surface area (Å²) in [5.41, 5.74) is 0. The molecule has 20 heavy (non-hydrogen) atoms. The average Bonchev–Trinajstić information content (AvgIpc) is 3.19. The van der Waals surface area contributed by atoms with Gasteiger partial charge in [-0.1, -0.05) is 13.8 Å². The second kappa shape index (κ2) is 5.35. The maximum atomic E-state index is 12.6. The standard InChI is InChI=1S/C15H25N3O2/c1-3-12-15(20)18(13(4-2)14(19)16-12)11-7-8-17(9-11)10-5-6-10/h10-13H,3-9H2,1-2H3,(H,16,19). The summed E-state index contributed by atoms with van der Waals surface area (Å²) in [6.45, 7) is 5.98. The van der Waals surface area contributed by atoms with Crippen LogP contribution in [0.15, 0.2) is 0 Å². The Kier molecular flexibility index (Phi) is 3.71. The van der Waals surface area contributed by atoms with Crippen LogP contribution in [0.2, 0.25) is 0 Å². The van der Waals surface area contributed by atoms with Gasteiger partial charge in [0.05, 0.1) is 0 Å². The van der Waals surface area contributed by atoms with Gasteiger partial charge in [0.15, 0.2) is 0 Å². The normalized spacial score (nSPS) is 35.5. The number of rotatable bonds is 4. The van der Waals surface area contributed by atoms with Crippen molar-refractivity contribution in [3.8, 4) is 0 Å². The van der Waals surface area contributed by atoms with E-state index in [0.29, 0.717) is 12.8 Å². The first-order chi connectivity index (χ1) is 9.65. The maximum Gasteiger partial charge on any atom is 0.246 e. The number of hydrogen-bond donors (Lipinski definition) is 1. The largest absolute Gasteiger partial charge is 0.343 e. The van der Waals surface area contributed by atoms with E-state index < -0.39 is 0 Å². The van der Waals surface area contributed by atoms with Gasteiger partial charge in [-0.25, -0.2) is 0 Å². The Bertz CT molecular complexity index is 408. The summed E-state index contributed by atoms with van der Waals surface area (Å²) in [6.07, 6.45) is 5.00. The molecule has 3 rings (SSSR count). The highest BCUT2D eigenvalue weighted by Gasteiger charge is 2.45. The van der Waals surface area contributed by atoms with E-state index in [0.717, 1.165) is 25.6 Å². The molecule has 3 fully saturated rings. The van der Waals surface area contributed by atoms with Crippen LogP contribution in [-0.4, -0.2) is 58.9 Å². The van der Waals surface area contributed by atoms with Crippen molar-refractivity contribution >= 4 is 11.8 Å². The monoisotopic (exact) mass is 279 g/mol. The van der Waals surface area contributed by atoms with Crippen molar-refractivity contribution in [3.63, 3.8) is 0 Å². The Morgan fingerprint density at radius 1 is 1.10 bits per heavy atom. The van der Waals surface area contributed by atoms with Crippen LogP contribution in [0.25, 0.3) is 0 Å². The molecule has 0 aromatic carbocycles. The lowest BCUT2D eigenvalue weighted by molar-refractivity contribution is -0.152. The van der Waals surface area contributed by atoms with Crippen LogP contribution in [0, 0.1) is 0 Å². The molecule has 1 saturated carbocycles. The molecule has 1 aliphatic carbocycles. The van der Waals surface area contributed by atoms with E-state index in [1.807, 2.05) is 18.7 Å². The molecule has 0 spiro atoms. The van der Waals surface area contributed by atoms with Gasteiger partial charge in [0.2, 0.25) is 11.8 Å². The van der Waals surface area contributed by atoms with Crippen molar-refractivity contribution in [1.29, 1.82) is 0 Å². The molecule has 2 aliphatic heterocycles. The molecule has 2 amide bonds. The maximum absolute atomic E-state index is 12.6. The molecule has 3 unspecified atom stereocenters. The van der Waals surface area contributed by atoms with Crippen LogP contribution in [0.4, 0.5) is 0 Å². The summed E-state index contributed by atoms with van der Waals surface area (Å²) < 4.78 is 0. The molecule has 112 valence electrons. The predicted molar refractivity (Wildman–Crippen MR) is 76.1 cm³/mol. The summed E-state index contributed by atoms with van der Waals surface area (Å²) in [5.74, 6) is 0.158. The first-order valence-corrected chi connectivity index (χ1v) is 8.02. The zero-order valence-electron chi connectivity index (χ0n) is 12.5. The first kappa shape index (κ1) is 13.9. The van der Waals surface area contributed by atoms with Crippen molar-refractivity contribution in [3.05, 3.63) is 0 Å². The lowest BCUT2D eigenvalue weighted by Gasteiger charge is -2.42. The minimum absolute atomic E-state index is 0.0313. The van der Waals surface area contributed by atoms with Gasteiger partial charge in [-0.05, 0) is 32.1 Å². The lowest BCUT2D eigenvalue weighted by Crippen LogP contribution is -2.65. The number of carbonyl (C=O) groups is 2. The SMILES string of the molecule is CCC1NC(=O)C(CC)N(C2CCN(C3CC3)C2)C1=O. The van der Waals surface area contributed by atoms with Gasteiger partial charge in [-0.2, -0.15) is 0 Å². The minimum atomic E-state index is -0.319. The average molecular weight is 279 g/mol. The Hall–Kier alpha value is -1.10. The van der Waals surface area contributed by atoms with Gasteiger partial charge in [0, 0.05) is 25.2 Å². The summed E-state index contributed by atoms with van der Waals surface area (Å²) >= 11 is 0. The summed E-state index contributed by atoms with van der Waals surface area (Å²) in [7, 11) is 0. The molecule has 0 aromatic rings. The van der Waals surface area contributed by atoms with Gasteiger partial charge in [0.25, 0.3) is 0 Å². The molecular formula is C15H25N3O2. The summed E-state index contributed by atoms with van der Waals surface area (Å²) in [4.78, 5) is 29.3. The molecule has 5 heteroatoms. The molecule has 5 nitrogen and oxygen atoms in total. The number of likely N-dealkylation sites (tertiary alicyclic amines) is 1. The molecule has 3 atom stereocenters. The number of piperazine rings is 1. The number of hydrogen-bond acceptors (Lipinski definition) is 3. The quantitative estimate of drug-likeness (QED) is 0.826. The number of carbonyl (C=O) groups excluding carboxylic acids is 2. The van der Waals surface area contributed by atoms with Gasteiger partial charge >= 0.3 is 0 Å². The number of nitrogens with zero attached hydrogens (tertiary/aromatic N) is 2. The minimum Gasteiger partial charge on any atom is -0.343 e. The predicted octanol–water partition coefficient (Wildman–Crippen LogP) is 0.739. The molecule has 0 radical (unpaired) electrons. The van der Waals surface area contributed by atoms with Gasteiger partial charge in [-0.15, -0.1) is 0 Å². The van der Waals surface area contributed by atoms with E-state index in [2.05, 4.69) is 10.2 Å². The number of amides is 2. The molecule has 1 N–H and O–H groups in total.